The molecule has 2 unspecified atom stereocenters. The first-order valence-electron chi connectivity index (χ1n) is 5.43. The second kappa shape index (κ2) is 8.17. The average molecular weight is 259 g/mol. The van der Waals surface area contributed by atoms with Crippen LogP contribution in [0.4, 0.5) is 8.78 Å². The van der Waals surface area contributed by atoms with Gasteiger partial charge >= 0.3 is 0 Å². The second-order valence-electron chi connectivity index (χ2n) is 4.17. The van der Waals surface area contributed by atoms with Gasteiger partial charge in [-0.2, -0.15) is 0 Å². The Bertz CT molecular complexity index is 184. The molecule has 0 aliphatic carbocycles. The molecule has 3 nitrogen and oxygen atoms in total. The monoisotopic (exact) mass is 258 g/mol. The highest BCUT2D eigenvalue weighted by Gasteiger charge is 2.24. The molecular formula is C10H21ClF2N2O. The van der Waals surface area contributed by atoms with Crippen molar-refractivity contribution in [2.45, 2.75) is 25.8 Å². The minimum atomic E-state index is -2.36. The molecule has 98 valence electrons. The molecule has 0 amide bonds. The molecule has 0 bridgehead atoms. The summed E-state index contributed by atoms with van der Waals surface area (Å²) in [6.45, 7) is 4.65. The van der Waals surface area contributed by atoms with Crippen molar-refractivity contribution >= 4 is 12.4 Å². The molecule has 1 fully saturated rings. The second-order valence-corrected chi connectivity index (χ2v) is 4.17. The Labute approximate surface area is 102 Å². The van der Waals surface area contributed by atoms with Crippen molar-refractivity contribution in [3.8, 4) is 0 Å². The zero-order valence-electron chi connectivity index (χ0n) is 9.57. The van der Waals surface area contributed by atoms with Crippen LogP contribution >= 0.6 is 12.4 Å². The number of rotatable bonds is 6. The summed E-state index contributed by atoms with van der Waals surface area (Å²) < 4.78 is 28.3. The van der Waals surface area contributed by atoms with Crippen LogP contribution in [0.2, 0.25) is 0 Å². The molecule has 6 heteroatoms. The number of halogens is 3. The molecule has 16 heavy (non-hydrogen) atoms. The van der Waals surface area contributed by atoms with Gasteiger partial charge in [0.25, 0.3) is 6.43 Å². The summed E-state index contributed by atoms with van der Waals surface area (Å²) in [6, 6.07) is 0.219. The molecule has 0 aromatic rings. The first-order chi connectivity index (χ1) is 7.09. The van der Waals surface area contributed by atoms with Crippen molar-refractivity contribution in [3.63, 3.8) is 0 Å². The summed E-state index contributed by atoms with van der Waals surface area (Å²) in [4.78, 5) is 2.22. The summed E-state index contributed by atoms with van der Waals surface area (Å²) in [5.41, 5.74) is 5.80. The molecule has 0 spiro atoms. The minimum Gasteiger partial charge on any atom is -0.374 e. The van der Waals surface area contributed by atoms with Crippen LogP contribution in [0.25, 0.3) is 0 Å². The third-order valence-corrected chi connectivity index (χ3v) is 2.85. The van der Waals surface area contributed by atoms with Gasteiger partial charge in [0.15, 0.2) is 0 Å². The van der Waals surface area contributed by atoms with Crippen molar-refractivity contribution in [2.75, 3.05) is 32.8 Å². The SMILES string of the molecule is CC(N)C1CCN(CCOCC(F)F)C1.Cl. The van der Waals surface area contributed by atoms with E-state index in [1.54, 1.807) is 0 Å². The summed E-state index contributed by atoms with van der Waals surface area (Å²) in [7, 11) is 0. The van der Waals surface area contributed by atoms with Crippen molar-refractivity contribution in [2.24, 2.45) is 11.7 Å². The number of alkyl halides is 2. The smallest absolute Gasteiger partial charge is 0.261 e. The maximum Gasteiger partial charge on any atom is 0.261 e. The van der Waals surface area contributed by atoms with E-state index >= 15 is 0 Å². The summed E-state index contributed by atoms with van der Waals surface area (Å²) in [5.74, 6) is 0.542. The van der Waals surface area contributed by atoms with Gasteiger partial charge in [-0.3, -0.25) is 0 Å². The van der Waals surface area contributed by atoms with E-state index in [9.17, 15) is 8.78 Å². The maximum atomic E-state index is 11.7. The van der Waals surface area contributed by atoms with Crippen molar-refractivity contribution in [1.82, 2.24) is 4.90 Å². The van der Waals surface area contributed by atoms with E-state index in [4.69, 9.17) is 10.5 Å². The Kier molecular flexibility index (Phi) is 8.18. The number of ether oxygens (including phenoxy) is 1. The fourth-order valence-corrected chi connectivity index (χ4v) is 1.86. The van der Waals surface area contributed by atoms with Gasteiger partial charge in [0, 0.05) is 19.1 Å². The zero-order chi connectivity index (χ0) is 11.3. The van der Waals surface area contributed by atoms with Crippen LogP contribution in [0.3, 0.4) is 0 Å². The van der Waals surface area contributed by atoms with E-state index in [1.165, 1.54) is 0 Å². The van der Waals surface area contributed by atoms with Crippen LogP contribution in [0.1, 0.15) is 13.3 Å². The molecular weight excluding hydrogens is 238 g/mol. The van der Waals surface area contributed by atoms with E-state index in [0.717, 1.165) is 26.1 Å². The summed E-state index contributed by atoms with van der Waals surface area (Å²) >= 11 is 0. The number of nitrogens with two attached hydrogens (primary N) is 1. The third kappa shape index (κ3) is 5.94. The van der Waals surface area contributed by atoms with E-state index < -0.39 is 13.0 Å². The van der Waals surface area contributed by atoms with Crippen LogP contribution in [-0.2, 0) is 4.74 Å². The number of hydrogen-bond donors (Lipinski definition) is 1. The maximum absolute atomic E-state index is 11.7. The first kappa shape index (κ1) is 16.0. The Morgan fingerprint density at radius 2 is 2.19 bits per heavy atom. The molecule has 0 aromatic heterocycles. The third-order valence-electron chi connectivity index (χ3n) is 2.85. The van der Waals surface area contributed by atoms with Gasteiger partial charge in [0.05, 0.1) is 6.61 Å². The molecule has 1 saturated heterocycles. The fourth-order valence-electron chi connectivity index (χ4n) is 1.86. The summed E-state index contributed by atoms with van der Waals surface area (Å²) in [5, 5.41) is 0. The van der Waals surface area contributed by atoms with E-state index in [1.807, 2.05) is 6.92 Å². The van der Waals surface area contributed by atoms with Crippen LogP contribution in [0.5, 0.6) is 0 Å². The standard InChI is InChI=1S/C10H20F2N2O.ClH/c1-8(13)9-2-3-14(6-9)4-5-15-7-10(11)12;/h8-10H,2-7,13H2,1H3;1H. The zero-order valence-corrected chi connectivity index (χ0v) is 10.4. The number of nitrogens with zero attached hydrogens (tertiary/aromatic N) is 1. The molecule has 2 atom stereocenters. The Balaban J connectivity index is 0.00000225. The van der Waals surface area contributed by atoms with Crippen LogP contribution in [-0.4, -0.2) is 50.2 Å². The summed E-state index contributed by atoms with van der Waals surface area (Å²) in [6.07, 6.45) is -1.26. The Morgan fingerprint density at radius 1 is 1.50 bits per heavy atom. The van der Waals surface area contributed by atoms with Gasteiger partial charge in [-0.1, -0.05) is 0 Å². The first-order valence-corrected chi connectivity index (χ1v) is 5.43. The topological polar surface area (TPSA) is 38.5 Å². The molecule has 1 rings (SSSR count). The predicted octanol–water partition coefficient (Wildman–Crippen LogP) is 1.36. The number of likely N-dealkylation sites (tertiary alicyclic amines) is 1. The van der Waals surface area contributed by atoms with Crippen LogP contribution < -0.4 is 5.73 Å². The van der Waals surface area contributed by atoms with E-state index in [0.29, 0.717) is 12.5 Å². The Morgan fingerprint density at radius 3 is 2.69 bits per heavy atom. The average Bonchev–Trinajstić information content (AvgIpc) is 2.60. The van der Waals surface area contributed by atoms with Gasteiger partial charge < -0.3 is 15.4 Å². The van der Waals surface area contributed by atoms with Crippen molar-refractivity contribution in [3.05, 3.63) is 0 Å². The van der Waals surface area contributed by atoms with Gasteiger partial charge in [0.1, 0.15) is 6.61 Å². The lowest BCUT2D eigenvalue weighted by Crippen LogP contribution is -2.31. The highest BCUT2D eigenvalue weighted by atomic mass is 35.5. The number of hydrogen-bond acceptors (Lipinski definition) is 3. The van der Waals surface area contributed by atoms with Crippen molar-refractivity contribution in [1.29, 1.82) is 0 Å². The molecule has 2 N–H and O–H groups in total. The molecule has 0 aromatic carbocycles. The van der Waals surface area contributed by atoms with Gasteiger partial charge in [0.2, 0.25) is 0 Å². The van der Waals surface area contributed by atoms with E-state index in [2.05, 4.69) is 4.90 Å². The lowest BCUT2D eigenvalue weighted by molar-refractivity contribution is 0.0112. The predicted molar refractivity (Wildman–Crippen MR) is 62.3 cm³/mol. The lowest BCUT2D eigenvalue weighted by atomic mass is 10.0. The quantitative estimate of drug-likeness (QED) is 0.731. The van der Waals surface area contributed by atoms with Gasteiger partial charge in [-0.15, -0.1) is 12.4 Å². The molecule has 1 aliphatic rings. The van der Waals surface area contributed by atoms with Gasteiger partial charge in [-0.05, 0) is 25.8 Å². The van der Waals surface area contributed by atoms with E-state index in [-0.39, 0.29) is 18.4 Å². The van der Waals surface area contributed by atoms with Crippen LogP contribution in [0.15, 0.2) is 0 Å². The fraction of sp³-hybridized carbons (Fsp3) is 1.00. The lowest BCUT2D eigenvalue weighted by Gasteiger charge is -2.17. The minimum absolute atomic E-state index is 0. The molecule has 1 heterocycles. The molecule has 0 saturated carbocycles. The normalized spacial score (nSPS) is 23.4. The highest BCUT2D eigenvalue weighted by molar-refractivity contribution is 5.85. The molecule has 0 radical (unpaired) electrons. The van der Waals surface area contributed by atoms with Crippen LogP contribution in [0, 0.1) is 5.92 Å². The largest absolute Gasteiger partial charge is 0.374 e. The van der Waals surface area contributed by atoms with Crippen molar-refractivity contribution < 1.29 is 13.5 Å². The highest BCUT2D eigenvalue weighted by Crippen LogP contribution is 2.17. The van der Waals surface area contributed by atoms with Gasteiger partial charge in [-0.25, -0.2) is 8.78 Å². The Hall–Kier alpha value is 0.0300. The molecule has 1 aliphatic heterocycles.